The fraction of sp³-hybridized carbons (Fsp3) is 0.545. The molecule has 1 fully saturated rings. The van der Waals surface area contributed by atoms with Crippen LogP contribution in [0.25, 0.3) is 0 Å². The molecule has 2 aliphatic rings. The van der Waals surface area contributed by atoms with Crippen molar-refractivity contribution in [2.75, 3.05) is 18.5 Å². The maximum Gasteiger partial charge on any atom is 0.356 e. The van der Waals surface area contributed by atoms with Gasteiger partial charge in [0.25, 0.3) is 0 Å². The van der Waals surface area contributed by atoms with Crippen LogP contribution in [0.4, 0.5) is 5.69 Å². The topological polar surface area (TPSA) is 65.6 Å². The van der Waals surface area contributed by atoms with Crippen LogP contribution in [-0.2, 0) is 0 Å². The van der Waals surface area contributed by atoms with Crippen LogP contribution in [-0.4, -0.2) is 35.8 Å². The predicted octanol–water partition coefficient (Wildman–Crippen LogP) is 1.32. The summed E-state index contributed by atoms with van der Waals surface area (Å²) in [6, 6.07) is 0. The van der Waals surface area contributed by atoms with Gasteiger partial charge in [0.05, 0.1) is 12.2 Å². The molecule has 0 saturated heterocycles. The molecule has 86 valence electrons. The zero-order valence-electron chi connectivity index (χ0n) is 9.06. The minimum absolute atomic E-state index is 0.145. The molecule has 1 aliphatic heterocycles. The van der Waals surface area contributed by atoms with Crippen LogP contribution in [0.15, 0.2) is 6.20 Å². The second-order valence-electron chi connectivity index (χ2n) is 4.56. The summed E-state index contributed by atoms with van der Waals surface area (Å²) in [7, 11) is 1.97. The minimum atomic E-state index is -0.967. The van der Waals surface area contributed by atoms with Gasteiger partial charge in [-0.2, -0.15) is 0 Å². The number of aromatic amines is 1. The molecule has 5 heteroatoms. The number of hydrogen-bond acceptors (Lipinski definition) is 3. The molecule has 1 aliphatic carbocycles. The van der Waals surface area contributed by atoms with E-state index in [9.17, 15) is 4.79 Å². The van der Waals surface area contributed by atoms with Gasteiger partial charge in [-0.3, -0.25) is 0 Å². The van der Waals surface area contributed by atoms with Crippen molar-refractivity contribution in [3.63, 3.8) is 0 Å². The average Bonchev–Trinajstić information content (AvgIpc) is 2.98. The molecule has 1 atom stereocenters. The van der Waals surface area contributed by atoms with E-state index in [1.807, 2.05) is 7.05 Å². The van der Waals surface area contributed by atoms with E-state index in [2.05, 4.69) is 9.88 Å². The van der Waals surface area contributed by atoms with Crippen LogP contribution in [0, 0.1) is 5.92 Å². The van der Waals surface area contributed by atoms with Crippen LogP contribution < -0.4 is 9.64 Å². The first-order chi connectivity index (χ1) is 7.66. The number of nitrogens with zero attached hydrogens (tertiary/aromatic N) is 1. The number of H-pyrrole nitrogens is 1. The summed E-state index contributed by atoms with van der Waals surface area (Å²) in [5, 5.41) is 9.03. The third-order valence-electron chi connectivity index (χ3n) is 3.31. The van der Waals surface area contributed by atoms with Crippen molar-refractivity contribution in [3.05, 3.63) is 11.9 Å². The molecule has 0 radical (unpaired) electrons. The molecule has 2 N–H and O–H groups in total. The SMILES string of the molecule is CN1CC(C2CC2)Oc2c1c[nH]c2C(=O)O. The number of carboxylic acid groups (broad SMARTS) is 1. The molecular weight excluding hydrogens is 208 g/mol. The number of aromatic carboxylic acids is 1. The first kappa shape index (κ1) is 9.57. The lowest BCUT2D eigenvalue weighted by atomic mass is 10.1. The van der Waals surface area contributed by atoms with E-state index in [1.54, 1.807) is 6.20 Å². The molecule has 0 bridgehead atoms. The monoisotopic (exact) mass is 222 g/mol. The van der Waals surface area contributed by atoms with E-state index in [-0.39, 0.29) is 11.8 Å². The quantitative estimate of drug-likeness (QED) is 0.792. The summed E-state index contributed by atoms with van der Waals surface area (Å²) in [5.74, 6) is 0.136. The van der Waals surface area contributed by atoms with Crippen molar-refractivity contribution in [1.29, 1.82) is 0 Å². The lowest BCUT2D eigenvalue weighted by Gasteiger charge is -2.32. The molecular formula is C11H14N2O3. The molecule has 1 unspecified atom stereocenters. The third kappa shape index (κ3) is 1.35. The molecule has 1 aromatic rings. The number of likely N-dealkylation sites (N-methyl/N-ethyl adjacent to an activating group) is 1. The molecule has 0 aromatic carbocycles. The standard InChI is InChI=1S/C11H14N2O3/c1-13-5-8(6-2-3-6)16-10-7(13)4-12-9(10)11(14)15/h4,6,8,12H,2-3,5H2,1H3,(H,14,15). The van der Waals surface area contributed by atoms with Crippen molar-refractivity contribution in [1.82, 2.24) is 4.98 Å². The van der Waals surface area contributed by atoms with E-state index >= 15 is 0 Å². The summed E-state index contributed by atoms with van der Waals surface area (Å²) < 4.78 is 5.80. The number of nitrogens with one attached hydrogen (secondary N) is 1. The van der Waals surface area contributed by atoms with E-state index in [0.29, 0.717) is 11.7 Å². The van der Waals surface area contributed by atoms with Crippen molar-refractivity contribution in [2.45, 2.75) is 18.9 Å². The molecule has 0 spiro atoms. The van der Waals surface area contributed by atoms with Crippen LogP contribution in [0.1, 0.15) is 23.3 Å². The summed E-state index contributed by atoms with van der Waals surface area (Å²) in [6.07, 6.45) is 4.23. The fourth-order valence-corrected chi connectivity index (χ4v) is 2.23. The Hall–Kier alpha value is -1.65. The Balaban J connectivity index is 1.96. The Morgan fingerprint density at radius 3 is 3.00 bits per heavy atom. The number of anilines is 1. The zero-order valence-corrected chi connectivity index (χ0v) is 9.06. The highest BCUT2D eigenvalue weighted by atomic mass is 16.5. The highest BCUT2D eigenvalue weighted by Gasteiger charge is 2.38. The molecule has 2 heterocycles. The average molecular weight is 222 g/mol. The maximum atomic E-state index is 11.0. The molecule has 3 rings (SSSR count). The van der Waals surface area contributed by atoms with E-state index < -0.39 is 5.97 Å². The van der Waals surface area contributed by atoms with Crippen LogP contribution in [0.5, 0.6) is 5.75 Å². The normalized spacial score (nSPS) is 23.8. The Morgan fingerprint density at radius 1 is 1.62 bits per heavy atom. The van der Waals surface area contributed by atoms with Gasteiger partial charge >= 0.3 is 5.97 Å². The fourth-order valence-electron chi connectivity index (χ4n) is 2.23. The van der Waals surface area contributed by atoms with Crippen LogP contribution in [0.2, 0.25) is 0 Å². The van der Waals surface area contributed by atoms with Crippen LogP contribution in [0.3, 0.4) is 0 Å². The highest BCUT2D eigenvalue weighted by Crippen LogP contribution is 2.42. The molecule has 1 aromatic heterocycles. The van der Waals surface area contributed by atoms with E-state index in [0.717, 1.165) is 12.2 Å². The summed E-state index contributed by atoms with van der Waals surface area (Å²) in [6.45, 7) is 0.842. The van der Waals surface area contributed by atoms with E-state index in [1.165, 1.54) is 12.8 Å². The second kappa shape index (κ2) is 3.17. The number of aromatic nitrogens is 1. The Kier molecular flexibility index (Phi) is 1.89. The van der Waals surface area contributed by atoms with Crippen molar-refractivity contribution < 1.29 is 14.6 Å². The number of hydrogen-bond donors (Lipinski definition) is 2. The lowest BCUT2D eigenvalue weighted by Crippen LogP contribution is -2.38. The van der Waals surface area contributed by atoms with Gasteiger partial charge in [0.2, 0.25) is 0 Å². The van der Waals surface area contributed by atoms with Crippen molar-refractivity contribution in [2.24, 2.45) is 5.92 Å². The molecule has 16 heavy (non-hydrogen) atoms. The molecule has 1 saturated carbocycles. The zero-order chi connectivity index (χ0) is 11.3. The summed E-state index contributed by atoms with van der Waals surface area (Å²) >= 11 is 0. The summed E-state index contributed by atoms with van der Waals surface area (Å²) in [4.78, 5) is 15.8. The van der Waals surface area contributed by atoms with Gasteiger partial charge in [0, 0.05) is 13.2 Å². The molecule has 0 amide bonds. The molecule has 5 nitrogen and oxygen atoms in total. The van der Waals surface area contributed by atoms with E-state index in [4.69, 9.17) is 9.84 Å². The number of carbonyl (C=O) groups is 1. The van der Waals surface area contributed by atoms with Crippen molar-refractivity contribution in [3.8, 4) is 5.75 Å². The Morgan fingerprint density at radius 2 is 2.38 bits per heavy atom. The smallest absolute Gasteiger partial charge is 0.356 e. The predicted molar refractivity (Wildman–Crippen MR) is 58.2 cm³/mol. The Bertz CT molecular complexity index is 436. The van der Waals surface area contributed by atoms with Gasteiger partial charge in [-0.25, -0.2) is 4.79 Å². The number of ether oxygens (including phenoxy) is 1. The number of rotatable bonds is 2. The van der Waals surface area contributed by atoms with Gasteiger partial charge in [0.1, 0.15) is 6.10 Å². The van der Waals surface area contributed by atoms with Gasteiger partial charge in [-0.15, -0.1) is 0 Å². The minimum Gasteiger partial charge on any atom is -0.484 e. The largest absolute Gasteiger partial charge is 0.484 e. The maximum absolute atomic E-state index is 11.0. The van der Waals surface area contributed by atoms with Crippen LogP contribution >= 0.6 is 0 Å². The third-order valence-corrected chi connectivity index (χ3v) is 3.31. The number of carboxylic acids is 1. The first-order valence-corrected chi connectivity index (χ1v) is 5.49. The van der Waals surface area contributed by atoms with Gasteiger partial charge in [-0.1, -0.05) is 0 Å². The Labute approximate surface area is 93.0 Å². The second-order valence-corrected chi connectivity index (χ2v) is 4.56. The summed E-state index contributed by atoms with van der Waals surface area (Å²) in [5.41, 5.74) is 1.00. The van der Waals surface area contributed by atoms with Gasteiger partial charge in [0.15, 0.2) is 11.4 Å². The first-order valence-electron chi connectivity index (χ1n) is 5.49. The van der Waals surface area contributed by atoms with Gasteiger partial charge < -0.3 is 19.7 Å². The van der Waals surface area contributed by atoms with Crippen molar-refractivity contribution >= 4 is 11.7 Å². The number of fused-ring (bicyclic) bond motifs is 1. The lowest BCUT2D eigenvalue weighted by molar-refractivity contribution is 0.0681. The highest BCUT2D eigenvalue weighted by molar-refractivity contribution is 5.92. The van der Waals surface area contributed by atoms with Gasteiger partial charge in [-0.05, 0) is 18.8 Å².